The van der Waals surface area contributed by atoms with Gasteiger partial charge in [-0.05, 0) is 18.6 Å². The van der Waals surface area contributed by atoms with Crippen molar-refractivity contribution in [1.82, 2.24) is 14.5 Å². The number of nitrogens with zero attached hydrogens (tertiary/aromatic N) is 4. The number of amidine groups is 1. The van der Waals surface area contributed by atoms with Gasteiger partial charge in [-0.3, -0.25) is 0 Å². The zero-order valence-electron chi connectivity index (χ0n) is 16.5. The molecule has 0 aliphatic carbocycles. The van der Waals surface area contributed by atoms with E-state index in [2.05, 4.69) is 32.7 Å². The molecule has 6 nitrogen and oxygen atoms in total. The lowest BCUT2D eigenvalue weighted by Crippen LogP contribution is -2.39. The molecule has 0 amide bonds. The summed E-state index contributed by atoms with van der Waals surface area (Å²) in [6, 6.07) is 18.2. The zero-order valence-corrected chi connectivity index (χ0v) is 16.5. The van der Waals surface area contributed by atoms with Crippen LogP contribution in [0.15, 0.2) is 90.2 Å². The summed E-state index contributed by atoms with van der Waals surface area (Å²) in [4.78, 5) is 11.1. The lowest BCUT2D eigenvalue weighted by molar-refractivity contribution is 0.329. The molecule has 2 aromatic carbocycles. The first-order chi connectivity index (χ1) is 14.3. The van der Waals surface area contributed by atoms with E-state index in [4.69, 9.17) is 15.5 Å². The van der Waals surface area contributed by atoms with E-state index in [9.17, 15) is 0 Å². The molecule has 1 unspecified atom stereocenters. The van der Waals surface area contributed by atoms with Crippen LogP contribution in [0.2, 0.25) is 0 Å². The van der Waals surface area contributed by atoms with E-state index in [1.165, 1.54) is 0 Å². The number of ether oxygens (including phenoxy) is 1. The van der Waals surface area contributed by atoms with Crippen molar-refractivity contribution in [3.8, 4) is 5.75 Å². The van der Waals surface area contributed by atoms with E-state index >= 15 is 0 Å². The molecule has 0 saturated heterocycles. The third-order valence-electron chi connectivity index (χ3n) is 5.04. The number of benzene rings is 2. The average Bonchev–Trinajstić information content (AvgIpc) is 3.28. The molecule has 1 atom stereocenters. The van der Waals surface area contributed by atoms with Crippen LogP contribution in [0.1, 0.15) is 23.6 Å². The van der Waals surface area contributed by atoms with Crippen molar-refractivity contribution in [2.45, 2.75) is 19.0 Å². The predicted octanol–water partition coefficient (Wildman–Crippen LogP) is 3.59. The largest absolute Gasteiger partial charge is 0.496 e. The van der Waals surface area contributed by atoms with Crippen molar-refractivity contribution in [3.05, 3.63) is 96.3 Å². The molecule has 4 rings (SSSR count). The zero-order chi connectivity index (χ0) is 20.1. The number of rotatable bonds is 7. The molecular formula is C23H25N5O. The number of hydrogen-bond donors (Lipinski definition) is 1. The SMILES string of the molecule is COc1ccccc1C1C=C(N)N=C(c2ccccc2)N1CCCn1ccnc1. The van der Waals surface area contributed by atoms with Gasteiger partial charge < -0.3 is 19.9 Å². The van der Waals surface area contributed by atoms with E-state index in [1.54, 1.807) is 13.3 Å². The number of aryl methyl sites for hydroxylation is 1. The van der Waals surface area contributed by atoms with E-state index in [1.807, 2.05) is 55.0 Å². The third kappa shape index (κ3) is 4.16. The van der Waals surface area contributed by atoms with E-state index < -0.39 is 0 Å². The van der Waals surface area contributed by atoms with Crippen molar-refractivity contribution < 1.29 is 4.74 Å². The number of aliphatic imine (C=N–C) groups is 1. The summed E-state index contributed by atoms with van der Waals surface area (Å²) in [5, 5.41) is 0. The summed E-state index contributed by atoms with van der Waals surface area (Å²) in [5.74, 6) is 2.24. The van der Waals surface area contributed by atoms with Gasteiger partial charge in [0.2, 0.25) is 0 Å². The van der Waals surface area contributed by atoms with Gasteiger partial charge in [-0.1, -0.05) is 48.5 Å². The van der Waals surface area contributed by atoms with Crippen LogP contribution in [0.5, 0.6) is 5.75 Å². The minimum atomic E-state index is -0.0540. The molecule has 1 aromatic heterocycles. The Morgan fingerprint density at radius 2 is 1.83 bits per heavy atom. The summed E-state index contributed by atoms with van der Waals surface area (Å²) in [6.07, 6.45) is 8.58. The van der Waals surface area contributed by atoms with Crippen molar-refractivity contribution >= 4 is 5.84 Å². The van der Waals surface area contributed by atoms with Gasteiger partial charge in [-0.25, -0.2) is 9.98 Å². The molecule has 6 heteroatoms. The summed E-state index contributed by atoms with van der Waals surface area (Å²) < 4.78 is 7.73. The van der Waals surface area contributed by atoms with Crippen LogP contribution in [0.3, 0.4) is 0 Å². The fourth-order valence-electron chi connectivity index (χ4n) is 3.68. The van der Waals surface area contributed by atoms with E-state index in [0.29, 0.717) is 5.82 Å². The van der Waals surface area contributed by atoms with Crippen LogP contribution in [0, 0.1) is 0 Å². The molecule has 2 heterocycles. The summed E-state index contributed by atoms with van der Waals surface area (Å²) in [6.45, 7) is 1.70. The molecule has 0 bridgehead atoms. The smallest absolute Gasteiger partial charge is 0.139 e. The van der Waals surface area contributed by atoms with Crippen LogP contribution >= 0.6 is 0 Å². The van der Waals surface area contributed by atoms with Crippen molar-refractivity contribution in [3.63, 3.8) is 0 Å². The predicted molar refractivity (Wildman–Crippen MR) is 115 cm³/mol. The minimum Gasteiger partial charge on any atom is -0.496 e. The molecule has 0 saturated carbocycles. The highest BCUT2D eigenvalue weighted by atomic mass is 16.5. The number of imidazole rings is 1. The number of hydrogen-bond acceptors (Lipinski definition) is 5. The number of methoxy groups -OCH3 is 1. The fraction of sp³-hybridized carbons (Fsp3) is 0.217. The van der Waals surface area contributed by atoms with Crippen molar-refractivity contribution in [2.24, 2.45) is 10.7 Å². The molecule has 0 spiro atoms. The maximum Gasteiger partial charge on any atom is 0.139 e. The van der Waals surface area contributed by atoms with Gasteiger partial charge in [0.05, 0.1) is 19.5 Å². The van der Waals surface area contributed by atoms with Crippen LogP contribution in [-0.2, 0) is 6.54 Å². The highest BCUT2D eigenvalue weighted by Gasteiger charge is 2.28. The summed E-state index contributed by atoms with van der Waals surface area (Å²) in [5.41, 5.74) is 8.36. The van der Waals surface area contributed by atoms with Crippen molar-refractivity contribution in [1.29, 1.82) is 0 Å². The van der Waals surface area contributed by atoms with Gasteiger partial charge in [0, 0.05) is 36.6 Å². The molecule has 0 fully saturated rings. The monoisotopic (exact) mass is 387 g/mol. The molecular weight excluding hydrogens is 362 g/mol. The van der Waals surface area contributed by atoms with Crippen LogP contribution < -0.4 is 10.5 Å². The molecule has 0 radical (unpaired) electrons. The maximum atomic E-state index is 6.24. The maximum absolute atomic E-state index is 6.24. The van der Waals surface area contributed by atoms with Gasteiger partial charge in [-0.2, -0.15) is 0 Å². The number of aromatic nitrogens is 2. The van der Waals surface area contributed by atoms with Gasteiger partial charge >= 0.3 is 0 Å². The fourth-order valence-corrected chi connectivity index (χ4v) is 3.68. The van der Waals surface area contributed by atoms with Gasteiger partial charge in [0.1, 0.15) is 17.4 Å². The van der Waals surface area contributed by atoms with E-state index in [-0.39, 0.29) is 6.04 Å². The highest BCUT2D eigenvalue weighted by Crippen LogP contribution is 2.34. The lowest BCUT2D eigenvalue weighted by atomic mass is 10.00. The molecule has 1 aliphatic heterocycles. The Kier molecular flexibility index (Phi) is 5.61. The van der Waals surface area contributed by atoms with Crippen LogP contribution in [0.25, 0.3) is 0 Å². The Hall–Kier alpha value is -3.54. The lowest BCUT2D eigenvalue weighted by Gasteiger charge is -2.36. The Morgan fingerprint density at radius 3 is 2.59 bits per heavy atom. The van der Waals surface area contributed by atoms with Crippen molar-refractivity contribution in [2.75, 3.05) is 13.7 Å². The van der Waals surface area contributed by atoms with Crippen LogP contribution in [0.4, 0.5) is 0 Å². The topological polar surface area (TPSA) is 68.7 Å². The summed E-state index contributed by atoms with van der Waals surface area (Å²) in [7, 11) is 1.70. The Balaban J connectivity index is 1.68. The van der Waals surface area contributed by atoms with Gasteiger partial charge in [0.15, 0.2) is 0 Å². The first-order valence-electron chi connectivity index (χ1n) is 9.73. The second kappa shape index (κ2) is 8.65. The molecule has 2 N–H and O–H groups in total. The Morgan fingerprint density at radius 1 is 1.03 bits per heavy atom. The normalized spacial score (nSPS) is 16.3. The Labute approximate surface area is 171 Å². The minimum absolute atomic E-state index is 0.0540. The van der Waals surface area contributed by atoms with Gasteiger partial charge in [-0.15, -0.1) is 0 Å². The third-order valence-corrected chi connectivity index (χ3v) is 5.04. The number of para-hydroxylation sites is 1. The Bertz CT molecular complexity index is 995. The second-order valence-electron chi connectivity index (χ2n) is 6.93. The summed E-state index contributed by atoms with van der Waals surface area (Å²) >= 11 is 0. The first-order valence-corrected chi connectivity index (χ1v) is 9.73. The molecule has 3 aromatic rings. The van der Waals surface area contributed by atoms with Crippen LogP contribution in [-0.4, -0.2) is 33.9 Å². The average molecular weight is 387 g/mol. The second-order valence-corrected chi connectivity index (χ2v) is 6.93. The molecule has 1 aliphatic rings. The quantitative estimate of drug-likeness (QED) is 0.673. The first kappa shape index (κ1) is 18.8. The standard InChI is InChI=1S/C23H25N5O/c1-29-21-11-6-5-10-19(21)20-16-22(24)26-23(18-8-3-2-4-9-18)28(20)14-7-13-27-15-12-25-17-27/h2-6,8-12,15-17,20H,7,13-14,24H2,1H3. The van der Waals surface area contributed by atoms with Gasteiger partial charge in [0.25, 0.3) is 0 Å². The van der Waals surface area contributed by atoms with E-state index in [0.717, 1.165) is 42.2 Å². The highest BCUT2D eigenvalue weighted by molar-refractivity contribution is 6.00. The molecule has 148 valence electrons. The molecule has 29 heavy (non-hydrogen) atoms. The number of nitrogens with two attached hydrogens (primary N) is 1.